The molecule has 0 radical (unpaired) electrons. The molecule has 34 heavy (non-hydrogen) atoms. The van der Waals surface area contributed by atoms with Crippen LogP contribution in [0.1, 0.15) is 33.3 Å². The van der Waals surface area contributed by atoms with Crippen LogP contribution >= 0.6 is 0 Å². The lowest BCUT2D eigenvalue weighted by Gasteiger charge is -2.44. The summed E-state index contributed by atoms with van der Waals surface area (Å²) in [6.45, 7) is 5.22. The van der Waals surface area contributed by atoms with Gasteiger partial charge in [-0.3, -0.25) is 19.2 Å². The van der Waals surface area contributed by atoms with Crippen LogP contribution in [0.2, 0.25) is 0 Å². The largest absolute Gasteiger partial charge is 0.463 e. The summed E-state index contributed by atoms with van der Waals surface area (Å²) in [5.74, 6) is -2.37. The van der Waals surface area contributed by atoms with Crippen molar-refractivity contribution in [3.05, 3.63) is 35.9 Å². The molecule has 1 aliphatic heterocycles. The summed E-state index contributed by atoms with van der Waals surface area (Å²) in [5.41, 5.74) is 0.994. The van der Waals surface area contributed by atoms with Crippen molar-refractivity contribution in [2.24, 2.45) is 0 Å². The summed E-state index contributed by atoms with van der Waals surface area (Å²) in [4.78, 5) is 46.8. The maximum absolute atomic E-state index is 11.9. The first-order chi connectivity index (χ1) is 16.2. The van der Waals surface area contributed by atoms with Gasteiger partial charge in [0.05, 0.1) is 19.8 Å². The van der Waals surface area contributed by atoms with E-state index in [0.717, 1.165) is 5.56 Å². The summed E-state index contributed by atoms with van der Waals surface area (Å²) in [6, 6.07) is 8.56. The van der Waals surface area contributed by atoms with Crippen LogP contribution in [-0.2, 0) is 54.2 Å². The van der Waals surface area contributed by atoms with Gasteiger partial charge in [-0.25, -0.2) is 0 Å². The number of rotatable bonds is 11. The van der Waals surface area contributed by atoms with Gasteiger partial charge in [0.1, 0.15) is 18.8 Å². The Hall–Kier alpha value is -3.02. The second kappa shape index (κ2) is 13.6. The molecule has 1 aliphatic rings. The number of amides is 1. The molecule has 0 spiro atoms. The van der Waals surface area contributed by atoms with Crippen molar-refractivity contribution in [2.75, 3.05) is 19.8 Å². The normalized spacial score (nSPS) is 24.1. The fraction of sp³-hybridized carbons (Fsp3) is 0.565. The molecule has 1 N–H and O–H groups in total. The Kier molecular flexibility index (Phi) is 10.9. The van der Waals surface area contributed by atoms with Crippen molar-refractivity contribution in [3.63, 3.8) is 0 Å². The fourth-order valence-electron chi connectivity index (χ4n) is 3.42. The highest BCUT2D eigenvalue weighted by Gasteiger charge is 2.51. The van der Waals surface area contributed by atoms with Crippen LogP contribution in [0.5, 0.6) is 0 Å². The molecule has 0 aromatic heterocycles. The zero-order chi connectivity index (χ0) is 25.1. The summed E-state index contributed by atoms with van der Waals surface area (Å²) in [7, 11) is 0. The maximum Gasteiger partial charge on any atom is 0.303 e. The zero-order valence-corrected chi connectivity index (χ0v) is 19.7. The number of hydrogen-bond donors (Lipinski definition) is 1. The molecule has 0 bridgehead atoms. The van der Waals surface area contributed by atoms with Crippen molar-refractivity contribution < 1.29 is 47.6 Å². The molecule has 1 heterocycles. The highest BCUT2D eigenvalue weighted by atomic mass is 16.7. The van der Waals surface area contributed by atoms with Gasteiger partial charge in [0.2, 0.25) is 5.91 Å². The fourth-order valence-corrected chi connectivity index (χ4v) is 3.42. The number of hydrogen-bond acceptors (Lipinski definition) is 10. The second-order valence-corrected chi connectivity index (χ2v) is 7.63. The van der Waals surface area contributed by atoms with Crippen LogP contribution in [0.15, 0.2) is 30.3 Å². The molecule has 1 fully saturated rings. The molecule has 11 nitrogen and oxygen atoms in total. The van der Waals surface area contributed by atoms with Gasteiger partial charge in [0.25, 0.3) is 0 Å². The van der Waals surface area contributed by atoms with Gasteiger partial charge in [-0.1, -0.05) is 30.3 Å². The number of carbonyl (C=O) groups is 4. The van der Waals surface area contributed by atoms with Crippen LogP contribution in [0.25, 0.3) is 0 Å². The lowest BCUT2D eigenvalue weighted by Crippen LogP contribution is -2.66. The highest BCUT2D eigenvalue weighted by molar-refractivity contribution is 5.73. The van der Waals surface area contributed by atoms with Gasteiger partial charge in [-0.15, -0.1) is 0 Å². The van der Waals surface area contributed by atoms with Crippen molar-refractivity contribution >= 4 is 23.8 Å². The topological polar surface area (TPSA) is 136 Å². The Bertz CT molecular complexity index is 830. The van der Waals surface area contributed by atoms with Crippen LogP contribution in [-0.4, -0.2) is 74.3 Å². The Balaban J connectivity index is 2.15. The molecular formula is C23H31NO10. The summed E-state index contributed by atoms with van der Waals surface area (Å²) in [5, 5.41) is 2.64. The molecule has 1 aromatic rings. The van der Waals surface area contributed by atoms with Crippen molar-refractivity contribution in [1.82, 2.24) is 5.32 Å². The quantitative estimate of drug-likeness (QED) is 0.275. The van der Waals surface area contributed by atoms with Crippen molar-refractivity contribution in [3.8, 4) is 0 Å². The SMILES string of the molecule is CC(=O)N[C@@H]1[C@@H](OCCOCc2ccccc2)O[C@H](COC(C)=O)[C@@H](OC(C)=O)[C@@H]1OC(C)=O. The van der Waals surface area contributed by atoms with E-state index in [4.69, 9.17) is 28.4 Å². The first kappa shape index (κ1) is 27.2. The predicted octanol–water partition coefficient (Wildman–Crippen LogP) is 0.876. The first-order valence-corrected chi connectivity index (χ1v) is 10.8. The number of esters is 3. The molecule has 0 aliphatic carbocycles. The molecule has 2 rings (SSSR count). The average Bonchev–Trinajstić information content (AvgIpc) is 2.75. The average molecular weight is 481 g/mol. The van der Waals surface area contributed by atoms with E-state index < -0.39 is 54.5 Å². The Morgan fingerprint density at radius 2 is 1.53 bits per heavy atom. The van der Waals surface area contributed by atoms with Crippen molar-refractivity contribution in [2.45, 2.75) is 64.9 Å². The molecule has 1 aromatic carbocycles. The second-order valence-electron chi connectivity index (χ2n) is 7.63. The molecule has 1 saturated heterocycles. The summed E-state index contributed by atoms with van der Waals surface area (Å²) >= 11 is 0. The van der Waals surface area contributed by atoms with E-state index in [1.807, 2.05) is 30.3 Å². The zero-order valence-electron chi connectivity index (χ0n) is 19.7. The molecule has 0 unspecified atom stereocenters. The van der Waals surface area contributed by atoms with Gasteiger partial charge in [0, 0.05) is 27.7 Å². The third-order valence-corrected chi connectivity index (χ3v) is 4.69. The van der Waals surface area contributed by atoms with Gasteiger partial charge in [0.15, 0.2) is 18.5 Å². The third kappa shape index (κ3) is 9.08. The lowest BCUT2D eigenvalue weighted by molar-refractivity contribution is -0.279. The van der Waals surface area contributed by atoms with Crippen molar-refractivity contribution in [1.29, 1.82) is 0 Å². The molecule has 5 atom stereocenters. The first-order valence-electron chi connectivity index (χ1n) is 10.8. The van der Waals surface area contributed by atoms with Gasteiger partial charge in [-0.05, 0) is 5.56 Å². The Labute approximate surface area is 198 Å². The van der Waals surface area contributed by atoms with E-state index in [1.165, 1.54) is 27.7 Å². The van der Waals surface area contributed by atoms with Gasteiger partial charge >= 0.3 is 17.9 Å². The van der Waals surface area contributed by atoms with E-state index >= 15 is 0 Å². The molecule has 0 saturated carbocycles. The van der Waals surface area contributed by atoms with Crippen LogP contribution in [0.4, 0.5) is 0 Å². The highest BCUT2D eigenvalue weighted by Crippen LogP contribution is 2.28. The standard InChI is InChI=1S/C23H31NO10/c1-14(25)24-20-22(33-17(4)28)21(32-16(3)27)19(13-31-15(2)26)34-23(20)30-11-10-29-12-18-8-6-5-7-9-18/h5-9,19-23H,10-13H2,1-4H3,(H,24,25)/t19-,20+,21-,22-,23+/m1/s1. The van der Waals surface area contributed by atoms with E-state index in [9.17, 15) is 19.2 Å². The van der Waals surface area contributed by atoms with Crippen LogP contribution in [0.3, 0.4) is 0 Å². The Morgan fingerprint density at radius 1 is 0.882 bits per heavy atom. The number of nitrogens with one attached hydrogen (secondary N) is 1. The lowest BCUT2D eigenvalue weighted by atomic mass is 9.96. The van der Waals surface area contributed by atoms with E-state index in [1.54, 1.807) is 0 Å². The molecule has 11 heteroatoms. The van der Waals surface area contributed by atoms with E-state index in [0.29, 0.717) is 6.61 Å². The maximum atomic E-state index is 11.9. The Morgan fingerprint density at radius 3 is 2.12 bits per heavy atom. The molecular weight excluding hydrogens is 450 g/mol. The summed E-state index contributed by atoms with van der Waals surface area (Å²) < 4.78 is 33.1. The minimum absolute atomic E-state index is 0.0822. The molecule has 188 valence electrons. The minimum atomic E-state index is -1.16. The number of benzene rings is 1. The van der Waals surface area contributed by atoms with E-state index in [2.05, 4.69) is 5.32 Å². The van der Waals surface area contributed by atoms with Crippen LogP contribution < -0.4 is 5.32 Å². The van der Waals surface area contributed by atoms with Gasteiger partial charge in [-0.2, -0.15) is 0 Å². The monoisotopic (exact) mass is 481 g/mol. The van der Waals surface area contributed by atoms with Gasteiger partial charge < -0.3 is 33.7 Å². The minimum Gasteiger partial charge on any atom is -0.463 e. The smallest absolute Gasteiger partial charge is 0.303 e. The number of carbonyl (C=O) groups excluding carboxylic acids is 4. The van der Waals surface area contributed by atoms with E-state index in [-0.39, 0.29) is 19.8 Å². The predicted molar refractivity (Wildman–Crippen MR) is 116 cm³/mol. The molecule has 1 amide bonds. The van der Waals surface area contributed by atoms with Crippen LogP contribution in [0, 0.1) is 0 Å². The summed E-state index contributed by atoms with van der Waals surface area (Å²) in [6.07, 6.45) is -4.44. The third-order valence-electron chi connectivity index (χ3n) is 4.69. The number of ether oxygens (including phenoxy) is 6.